The summed E-state index contributed by atoms with van der Waals surface area (Å²) in [4.78, 5) is 16.3. The SMILES string of the molecule is Cc1cc(NC(=O)N2CCN(c3ccc4c(c3)OCO4)CC2)no1. The van der Waals surface area contributed by atoms with Gasteiger partial charge in [0.2, 0.25) is 6.79 Å². The molecule has 0 spiro atoms. The molecule has 0 atom stereocenters. The van der Waals surface area contributed by atoms with Crippen LogP contribution < -0.4 is 19.7 Å². The molecule has 0 bridgehead atoms. The molecule has 0 unspecified atom stereocenters. The lowest BCUT2D eigenvalue weighted by Crippen LogP contribution is -2.50. The van der Waals surface area contributed by atoms with E-state index < -0.39 is 0 Å². The van der Waals surface area contributed by atoms with Gasteiger partial charge in [-0.1, -0.05) is 5.16 Å². The van der Waals surface area contributed by atoms with Gasteiger partial charge >= 0.3 is 6.03 Å². The van der Waals surface area contributed by atoms with Crippen LogP contribution in [-0.4, -0.2) is 49.1 Å². The molecule has 2 amide bonds. The van der Waals surface area contributed by atoms with Crippen molar-refractivity contribution in [3.63, 3.8) is 0 Å². The van der Waals surface area contributed by atoms with E-state index in [1.54, 1.807) is 17.9 Å². The van der Waals surface area contributed by atoms with E-state index in [2.05, 4.69) is 15.4 Å². The number of piperazine rings is 1. The number of aromatic nitrogens is 1. The van der Waals surface area contributed by atoms with E-state index in [1.165, 1.54) is 0 Å². The fourth-order valence-corrected chi connectivity index (χ4v) is 2.86. The number of aryl methyl sites for hydroxylation is 1. The van der Waals surface area contributed by atoms with Gasteiger partial charge in [-0.05, 0) is 19.1 Å². The van der Waals surface area contributed by atoms with Gasteiger partial charge in [0.1, 0.15) is 5.76 Å². The minimum Gasteiger partial charge on any atom is -0.454 e. The maximum atomic E-state index is 12.3. The molecule has 0 saturated carbocycles. The van der Waals surface area contributed by atoms with E-state index in [4.69, 9.17) is 14.0 Å². The molecule has 126 valence electrons. The summed E-state index contributed by atoms with van der Waals surface area (Å²) in [5, 5.41) is 6.52. The molecule has 2 aromatic rings. The maximum absolute atomic E-state index is 12.3. The summed E-state index contributed by atoms with van der Waals surface area (Å²) in [5.41, 5.74) is 1.08. The summed E-state index contributed by atoms with van der Waals surface area (Å²) in [6.07, 6.45) is 0. The number of anilines is 2. The molecule has 1 aromatic carbocycles. The predicted octanol–water partition coefficient (Wildman–Crippen LogP) is 2.07. The molecule has 0 aliphatic carbocycles. The van der Waals surface area contributed by atoms with E-state index in [9.17, 15) is 4.79 Å². The van der Waals surface area contributed by atoms with Crippen molar-refractivity contribution >= 4 is 17.5 Å². The van der Waals surface area contributed by atoms with Gasteiger partial charge in [0.15, 0.2) is 17.3 Å². The third kappa shape index (κ3) is 2.82. The van der Waals surface area contributed by atoms with Crippen LogP contribution in [0.3, 0.4) is 0 Å². The topological polar surface area (TPSA) is 80.1 Å². The second-order valence-corrected chi connectivity index (χ2v) is 5.76. The number of nitrogens with zero attached hydrogens (tertiary/aromatic N) is 3. The van der Waals surface area contributed by atoms with Crippen molar-refractivity contribution in [3.8, 4) is 11.5 Å². The highest BCUT2D eigenvalue weighted by Crippen LogP contribution is 2.35. The fraction of sp³-hybridized carbons (Fsp3) is 0.375. The number of carbonyl (C=O) groups excluding carboxylic acids is 1. The molecule has 24 heavy (non-hydrogen) atoms. The molecule has 1 saturated heterocycles. The van der Waals surface area contributed by atoms with E-state index in [-0.39, 0.29) is 12.8 Å². The van der Waals surface area contributed by atoms with Crippen molar-refractivity contribution in [1.29, 1.82) is 0 Å². The zero-order valence-corrected chi connectivity index (χ0v) is 13.3. The molecule has 2 aliphatic heterocycles. The van der Waals surface area contributed by atoms with Crippen LogP contribution >= 0.6 is 0 Å². The summed E-state index contributed by atoms with van der Waals surface area (Å²) in [7, 11) is 0. The van der Waals surface area contributed by atoms with Crippen LogP contribution in [0.2, 0.25) is 0 Å². The van der Waals surface area contributed by atoms with E-state index in [0.717, 1.165) is 30.3 Å². The first-order chi connectivity index (χ1) is 11.7. The van der Waals surface area contributed by atoms with Crippen LogP contribution in [-0.2, 0) is 0 Å². The average Bonchev–Trinajstić information content (AvgIpc) is 3.23. The van der Waals surface area contributed by atoms with E-state index in [0.29, 0.717) is 24.7 Å². The first-order valence-corrected chi connectivity index (χ1v) is 7.83. The van der Waals surface area contributed by atoms with Gasteiger partial charge in [-0.2, -0.15) is 0 Å². The Morgan fingerprint density at radius 2 is 1.92 bits per heavy atom. The highest BCUT2D eigenvalue weighted by atomic mass is 16.7. The van der Waals surface area contributed by atoms with Gasteiger partial charge in [-0.3, -0.25) is 5.32 Å². The summed E-state index contributed by atoms with van der Waals surface area (Å²) in [5.74, 6) is 2.65. The van der Waals surface area contributed by atoms with Crippen LogP contribution in [0.25, 0.3) is 0 Å². The standard InChI is InChI=1S/C16H18N4O4/c1-11-8-15(18-24-11)17-16(21)20-6-4-19(5-7-20)12-2-3-13-14(9-12)23-10-22-13/h2-3,8-9H,4-7,10H2,1H3,(H,17,18,21). The van der Waals surface area contributed by atoms with Gasteiger partial charge < -0.3 is 23.8 Å². The zero-order valence-electron chi connectivity index (χ0n) is 13.3. The van der Waals surface area contributed by atoms with Crippen LogP contribution in [0.15, 0.2) is 28.8 Å². The lowest BCUT2D eigenvalue weighted by atomic mass is 10.2. The summed E-state index contributed by atoms with van der Waals surface area (Å²) >= 11 is 0. The van der Waals surface area contributed by atoms with E-state index >= 15 is 0 Å². The molecular formula is C16H18N4O4. The van der Waals surface area contributed by atoms with Crippen molar-refractivity contribution in [2.24, 2.45) is 0 Å². The monoisotopic (exact) mass is 330 g/mol. The number of ether oxygens (including phenoxy) is 2. The number of amides is 2. The Bertz CT molecular complexity index is 752. The summed E-state index contributed by atoms with van der Waals surface area (Å²) < 4.78 is 15.7. The van der Waals surface area contributed by atoms with Gasteiger partial charge in [-0.25, -0.2) is 4.79 Å². The Hall–Kier alpha value is -2.90. The normalized spacial score (nSPS) is 16.4. The number of fused-ring (bicyclic) bond motifs is 1. The van der Waals surface area contributed by atoms with Crippen molar-refractivity contribution in [2.45, 2.75) is 6.92 Å². The molecule has 0 radical (unpaired) electrons. The number of urea groups is 1. The molecular weight excluding hydrogens is 312 g/mol. The predicted molar refractivity (Wildman–Crippen MR) is 86.6 cm³/mol. The smallest absolute Gasteiger partial charge is 0.323 e. The largest absolute Gasteiger partial charge is 0.454 e. The lowest BCUT2D eigenvalue weighted by molar-refractivity contribution is 0.174. The van der Waals surface area contributed by atoms with Crippen LogP contribution in [0.1, 0.15) is 5.76 Å². The lowest BCUT2D eigenvalue weighted by Gasteiger charge is -2.35. The van der Waals surface area contributed by atoms with Crippen LogP contribution in [0.5, 0.6) is 11.5 Å². The van der Waals surface area contributed by atoms with E-state index in [1.807, 2.05) is 18.2 Å². The number of benzene rings is 1. The molecule has 3 heterocycles. The number of hydrogen-bond acceptors (Lipinski definition) is 6. The third-order valence-corrected chi connectivity index (χ3v) is 4.15. The van der Waals surface area contributed by atoms with Crippen molar-refractivity contribution in [2.75, 3.05) is 43.2 Å². The highest BCUT2D eigenvalue weighted by molar-refractivity contribution is 5.88. The minimum absolute atomic E-state index is 0.159. The second-order valence-electron chi connectivity index (χ2n) is 5.76. The number of hydrogen-bond donors (Lipinski definition) is 1. The molecule has 8 nitrogen and oxygen atoms in total. The number of rotatable bonds is 2. The van der Waals surface area contributed by atoms with Crippen LogP contribution in [0.4, 0.5) is 16.3 Å². The van der Waals surface area contributed by atoms with Crippen molar-refractivity contribution in [1.82, 2.24) is 10.1 Å². The number of carbonyl (C=O) groups is 1. The van der Waals surface area contributed by atoms with Crippen molar-refractivity contribution in [3.05, 3.63) is 30.0 Å². The molecule has 8 heteroatoms. The van der Waals surface area contributed by atoms with Gasteiger partial charge in [-0.15, -0.1) is 0 Å². The number of nitrogens with one attached hydrogen (secondary N) is 1. The highest BCUT2D eigenvalue weighted by Gasteiger charge is 2.23. The Labute approximate surface area is 138 Å². The Balaban J connectivity index is 1.35. The van der Waals surface area contributed by atoms with Gasteiger partial charge in [0.25, 0.3) is 0 Å². The van der Waals surface area contributed by atoms with Crippen LogP contribution in [0, 0.1) is 6.92 Å². The first-order valence-electron chi connectivity index (χ1n) is 7.83. The zero-order chi connectivity index (χ0) is 16.5. The molecule has 1 fully saturated rings. The molecule has 1 N–H and O–H groups in total. The fourth-order valence-electron chi connectivity index (χ4n) is 2.86. The Morgan fingerprint density at radius 1 is 1.12 bits per heavy atom. The first kappa shape index (κ1) is 14.7. The average molecular weight is 330 g/mol. The second kappa shape index (κ2) is 5.95. The maximum Gasteiger partial charge on any atom is 0.323 e. The Morgan fingerprint density at radius 3 is 2.67 bits per heavy atom. The van der Waals surface area contributed by atoms with Crippen molar-refractivity contribution < 1.29 is 18.8 Å². The third-order valence-electron chi connectivity index (χ3n) is 4.15. The minimum atomic E-state index is -0.159. The van der Waals surface area contributed by atoms with Gasteiger partial charge in [0, 0.05) is 44.0 Å². The molecule has 1 aromatic heterocycles. The molecule has 2 aliphatic rings. The summed E-state index contributed by atoms with van der Waals surface area (Å²) in [6, 6.07) is 7.45. The van der Waals surface area contributed by atoms with Gasteiger partial charge in [0.05, 0.1) is 0 Å². The molecule has 4 rings (SSSR count). The summed E-state index contributed by atoms with van der Waals surface area (Å²) in [6.45, 7) is 4.84. The quantitative estimate of drug-likeness (QED) is 0.908. The Kier molecular flexibility index (Phi) is 3.64.